The van der Waals surface area contributed by atoms with Crippen LogP contribution in [0.15, 0.2) is 12.2 Å². The van der Waals surface area contributed by atoms with E-state index in [1.54, 1.807) is 0 Å². The lowest BCUT2D eigenvalue weighted by molar-refractivity contribution is 0.363. The van der Waals surface area contributed by atoms with Gasteiger partial charge in [0.25, 0.3) is 0 Å². The molecule has 1 atom stereocenters. The van der Waals surface area contributed by atoms with Gasteiger partial charge in [0, 0.05) is 0 Å². The highest BCUT2D eigenvalue weighted by Crippen LogP contribution is 2.30. The molecule has 0 aliphatic carbocycles. The quantitative estimate of drug-likeness (QED) is 0.376. The molecule has 17 heavy (non-hydrogen) atoms. The number of nitrogens with one attached hydrogen (secondary N) is 1. The molecule has 0 aromatic heterocycles. The molecule has 0 radical (unpaired) electrons. The lowest BCUT2D eigenvalue weighted by Gasteiger charge is -2.18. The van der Waals surface area contributed by atoms with Crippen molar-refractivity contribution in [1.29, 1.82) is 0 Å². The van der Waals surface area contributed by atoms with Crippen molar-refractivity contribution in [3.63, 3.8) is 0 Å². The van der Waals surface area contributed by atoms with Gasteiger partial charge in [0.05, 0.1) is 11.6 Å². The molecule has 0 saturated heterocycles. The molecule has 0 amide bonds. The van der Waals surface area contributed by atoms with E-state index in [9.17, 15) is 22.0 Å². The number of hydrogen-bond acceptors (Lipinski definition) is 1. The highest BCUT2D eigenvalue weighted by molar-refractivity contribution is 5.31. The van der Waals surface area contributed by atoms with Crippen LogP contribution in [0.4, 0.5) is 22.0 Å². The number of hydrogen-bond donors (Lipinski definition) is 1. The maximum absolute atomic E-state index is 13.4. The Balaban J connectivity index is 3.58. The Hall–Kier alpha value is -1.43. The van der Waals surface area contributed by atoms with Crippen LogP contribution in [0.25, 0.3) is 0 Å². The zero-order valence-corrected chi connectivity index (χ0v) is 9.17. The first-order chi connectivity index (χ1) is 7.82. The molecule has 1 N–H and O–H groups in total. The third-order valence-corrected chi connectivity index (χ3v) is 2.31. The summed E-state index contributed by atoms with van der Waals surface area (Å²) >= 11 is 0. The minimum Gasteiger partial charge on any atom is -0.309 e. The van der Waals surface area contributed by atoms with Crippen molar-refractivity contribution in [2.24, 2.45) is 0 Å². The molecule has 1 aromatic carbocycles. The normalized spacial score (nSPS) is 12.6. The summed E-state index contributed by atoms with van der Waals surface area (Å²) in [6.07, 6.45) is 0. The predicted molar refractivity (Wildman–Crippen MR) is 52.8 cm³/mol. The highest BCUT2D eigenvalue weighted by atomic mass is 19.2. The van der Waals surface area contributed by atoms with Gasteiger partial charge < -0.3 is 5.32 Å². The molecule has 0 heterocycles. The molecular weight excluding hydrogens is 241 g/mol. The van der Waals surface area contributed by atoms with E-state index in [-0.39, 0.29) is 5.57 Å². The van der Waals surface area contributed by atoms with Crippen LogP contribution >= 0.6 is 0 Å². The smallest absolute Gasteiger partial charge is 0.200 e. The van der Waals surface area contributed by atoms with E-state index in [4.69, 9.17) is 0 Å². The Kier molecular flexibility index (Phi) is 3.87. The first-order valence-corrected chi connectivity index (χ1v) is 4.66. The van der Waals surface area contributed by atoms with Gasteiger partial charge in [0.15, 0.2) is 23.3 Å². The van der Waals surface area contributed by atoms with E-state index in [1.807, 2.05) is 0 Å². The Morgan fingerprint density at radius 1 is 0.941 bits per heavy atom. The standard InChI is InChI=1S/C11H10F5N/c1-4(2)11(17-3)5-6(12)8(14)10(16)9(15)7(5)13/h11,17H,1H2,2-3H3. The van der Waals surface area contributed by atoms with Crippen molar-refractivity contribution in [1.82, 2.24) is 5.32 Å². The first kappa shape index (κ1) is 13.6. The van der Waals surface area contributed by atoms with Crippen LogP contribution in [0.3, 0.4) is 0 Å². The van der Waals surface area contributed by atoms with Crippen molar-refractivity contribution in [3.05, 3.63) is 46.8 Å². The summed E-state index contributed by atoms with van der Waals surface area (Å²) in [5.74, 6) is -9.77. The number of likely N-dealkylation sites (N-methyl/N-ethyl adjacent to an activating group) is 1. The van der Waals surface area contributed by atoms with E-state index in [2.05, 4.69) is 11.9 Å². The summed E-state index contributed by atoms with van der Waals surface area (Å²) in [5.41, 5.74) is -0.688. The fourth-order valence-electron chi connectivity index (χ4n) is 1.51. The number of benzene rings is 1. The van der Waals surface area contributed by atoms with Crippen LogP contribution < -0.4 is 5.32 Å². The molecule has 0 spiro atoms. The zero-order chi connectivity index (χ0) is 13.3. The topological polar surface area (TPSA) is 12.0 Å². The predicted octanol–water partition coefficient (Wildman–Crippen LogP) is 3.22. The Morgan fingerprint density at radius 3 is 1.59 bits per heavy atom. The molecule has 0 aliphatic heterocycles. The fourth-order valence-corrected chi connectivity index (χ4v) is 1.51. The molecular formula is C11H10F5N. The molecule has 0 fully saturated rings. The number of rotatable bonds is 3. The summed E-state index contributed by atoms with van der Waals surface area (Å²) in [7, 11) is 1.33. The van der Waals surface area contributed by atoms with Gasteiger partial charge in [0.1, 0.15) is 0 Å². The van der Waals surface area contributed by atoms with Crippen molar-refractivity contribution >= 4 is 0 Å². The minimum absolute atomic E-state index is 0.232. The van der Waals surface area contributed by atoms with Gasteiger partial charge in [0.2, 0.25) is 5.82 Å². The second-order valence-corrected chi connectivity index (χ2v) is 3.55. The summed E-state index contributed by atoms with van der Waals surface area (Å²) < 4.78 is 65.5. The third-order valence-electron chi connectivity index (χ3n) is 2.31. The lowest BCUT2D eigenvalue weighted by atomic mass is 9.99. The SMILES string of the molecule is C=C(C)C(NC)c1c(F)c(F)c(F)c(F)c1F. The molecule has 1 aromatic rings. The third kappa shape index (κ3) is 2.17. The van der Waals surface area contributed by atoms with Crippen LogP contribution in [-0.4, -0.2) is 7.05 Å². The van der Waals surface area contributed by atoms with E-state index >= 15 is 0 Å². The molecule has 0 saturated carbocycles. The summed E-state index contributed by atoms with van der Waals surface area (Å²) in [5, 5.41) is 2.44. The van der Waals surface area contributed by atoms with Crippen molar-refractivity contribution in [3.8, 4) is 0 Å². The molecule has 6 heteroatoms. The van der Waals surface area contributed by atoms with Crippen LogP contribution in [-0.2, 0) is 0 Å². The second-order valence-electron chi connectivity index (χ2n) is 3.55. The van der Waals surface area contributed by atoms with Crippen LogP contribution in [0.2, 0.25) is 0 Å². The van der Waals surface area contributed by atoms with E-state index in [1.165, 1.54) is 14.0 Å². The van der Waals surface area contributed by atoms with E-state index < -0.39 is 40.7 Å². The molecule has 0 aliphatic rings. The summed E-state index contributed by atoms with van der Waals surface area (Å²) in [6, 6.07) is -1.14. The Labute approximate surface area is 94.9 Å². The molecule has 1 unspecified atom stereocenters. The highest BCUT2D eigenvalue weighted by Gasteiger charge is 2.29. The van der Waals surface area contributed by atoms with Gasteiger partial charge >= 0.3 is 0 Å². The first-order valence-electron chi connectivity index (χ1n) is 4.66. The monoisotopic (exact) mass is 251 g/mol. The van der Waals surface area contributed by atoms with Crippen LogP contribution in [0.5, 0.6) is 0 Å². The average molecular weight is 251 g/mol. The van der Waals surface area contributed by atoms with Gasteiger partial charge in [-0.1, -0.05) is 12.2 Å². The number of halogens is 5. The molecule has 0 bridgehead atoms. The minimum atomic E-state index is -2.17. The average Bonchev–Trinajstić information content (AvgIpc) is 2.29. The molecule has 1 rings (SSSR count). The summed E-state index contributed by atoms with van der Waals surface area (Å²) in [6.45, 7) is 4.85. The molecule has 94 valence electrons. The van der Waals surface area contributed by atoms with Crippen molar-refractivity contribution < 1.29 is 22.0 Å². The van der Waals surface area contributed by atoms with Gasteiger partial charge in [-0.3, -0.25) is 0 Å². The Bertz CT molecular complexity index is 440. The van der Waals surface area contributed by atoms with Gasteiger partial charge in [-0.25, -0.2) is 22.0 Å². The van der Waals surface area contributed by atoms with E-state index in [0.29, 0.717) is 0 Å². The Morgan fingerprint density at radius 2 is 1.29 bits per heavy atom. The van der Waals surface area contributed by atoms with Crippen LogP contribution in [0.1, 0.15) is 18.5 Å². The molecule has 1 nitrogen and oxygen atoms in total. The summed E-state index contributed by atoms with van der Waals surface area (Å²) in [4.78, 5) is 0. The van der Waals surface area contributed by atoms with E-state index in [0.717, 1.165) is 0 Å². The largest absolute Gasteiger partial charge is 0.309 e. The van der Waals surface area contributed by atoms with Gasteiger partial charge in [-0.05, 0) is 14.0 Å². The van der Waals surface area contributed by atoms with Crippen molar-refractivity contribution in [2.75, 3.05) is 7.05 Å². The fraction of sp³-hybridized carbons (Fsp3) is 0.273. The van der Waals surface area contributed by atoms with Crippen molar-refractivity contribution in [2.45, 2.75) is 13.0 Å². The van der Waals surface area contributed by atoms with Crippen LogP contribution in [0, 0.1) is 29.1 Å². The second kappa shape index (κ2) is 4.83. The zero-order valence-electron chi connectivity index (χ0n) is 9.17. The maximum atomic E-state index is 13.4. The lowest BCUT2D eigenvalue weighted by Crippen LogP contribution is -2.22. The van der Waals surface area contributed by atoms with Gasteiger partial charge in [-0.2, -0.15) is 0 Å². The maximum Gasteiger partial charge on any atom is 0.200 e. The van der Waals surface area contributed by atoms with Gasteiger partial charge in [-0.15, -0.1) is 0 Å².